The summed E-state index contributed by atoms with van der Waals surface area (Å²) in [6, 6.07) is 8.72. The predicted molar refractivity (Wildman–Crippen MR) is 115 cm³/mol. The van der Waals surface area contributed by atoms with E-state index in [-0.39, 0.29) is 23.4 Å². The van der Waals surface area contributed by atoms with Gasteiger partial charge in [0.1, 0.15) is 5.58 Å². The van der Waals surface area contributed by atoms with E-state index in [9.17, 15) is 29.9 Å². The summed E-state index contributed by atoms with van der Waals surface area (Å²) in [5, 5.41) is 32.7. The third-order valence-electron chi connectivity index (χ3n) is 5.23. The Balaban J connectivity index is 1.85. The van der Waals surface area contributed by atoms with Crippen LogP contribution in [0.3, 0.4) is 0 Å². The van der Waals surface area contributed by atoms with Crippen LogP contribution in [0.1, 0.15) is 35.5 Å². The zero-order valence-electron chi connectivity index (χ0n) is 16.7. The van der Waals surface area contributed by atoms with Crippen molar-refractivity contribution in [3.05, 3.63) is 80.3 Å². The lowest BCUT2D eigenvalue weighted by Gasteiger charge is -2.26. The van der Waals surface area contributed by atoms with Crippen molar-refractivity contribution in [3.8, 4) is 5.75 Å². The van der Waals surface area contributed by atoms with Crippen LogP contribution in [0.2, 0.25) is 5.02 Å². The van der Waals surface area contributed by atoms with E-state index in [2.05, 4.69) is 0 Å². The summed E-state index contributed by atoms with van der Waals surface area (Å²) in [6.45, 7) is 2.00. The molecule has 1 atom stereocenters. The van der Waals surface area contributed by atoms with Crippen molar-refractivity contribution in [2.75, 3.05) is 6.54 Å². The number of fused-ring (bicyclic) bond motifs is 1. The first-order valence-electron chi connectivity index (χ1n) is 9.68. The lowest BCUT2D eigenvalue weighted by molar-refractivity contribution is -0.385. The number of rotatable bonds is 6. The number of amides is 1. The fourth-order valence-corrected chi connectivity index (χ4v) is 4.00. The van der Waals surface area contributed by atoms with Crippen molar-refractivity contribution in [1.82, 2.24) is 4.90 Å². The van der Waals surface area contributed by atoms with Crippen LogP contribution < -0.4 is 0 Å². The first-order valence-corrected chi connectivity index (χ1v) is 10.1. The number of aromatic hydroxyl groups is 1. The normalized spacial score (nSPS) is 16.2. The summed E-state index contributed by atoms with van der Waals surface area (Å²) < 4.78 is 5.61. The summed E-state index contributed by atoms with van der Waals surface area (Å²) in [4.78, 5) is 37.9. The molecule has 3 aromatic rings. The number of hydrogen-bond donors (Lipinski definition) is 2. The Kier molecular flexibility index (Phi) is 5.35. The molecule has 0 saturated heterocycles. The van der Waals surface area contributed by atoms with Gasteiger partial charge in [0.25, 0.3) is 5.91 Å². The molecule has 2 aromatic carbocycles. The number of benzene rings is 2. The minimum atomic E-state index is -1.09. The van der Waals surface area contributed by atoms with Crippen LogP contribution in [-0.4, -0.2) is 38.3 Å². The van der Waals surface area contributed by atoms with Gasteiger partial charge in [0.15, 0.2) is 17.3 Å². The Hall–Kier alpha value is -3.85. The zero-order chi connectivity index (χ0) is 23.2. The number of hydrogen-bond acceptors (Lipinski definition) is 7. The van der Waals surface area contributed by atoms with E-state index in [0.29, 0.717) is 22.4 Å². The van der Waals surface area contributed by atoms with Crippen molar-refractivity contribution in [2.24, 2.45) is 0 Å². The maximum atomic E-state index is 13.4. The predicted octanol–water partition coefficient (Wildman–Crippen LogP) is 4.69. The zero-order valence-corrected chi connectivity index (χ0v) is 17.5. The Labute approximate surface area is 186 Å². The highest BCUT2D eigenvalue weighted by Crippen LogP contribution is 2.42. The van der Waals surface area contributed by atoms with Crippen molar-refractivity contribution < 1.29 is 29.1 Å². The number of aliphatic hydroxyl groups excluding tert-OH is 1. The fraction of sp³-hybridized carbons (Fsp3) is 0.182. The molecule has 1 amide bonds. The molecule has 0 aliphatic carbocycles. The Morgan fingerprint density at radius 3 is 2.66 bits per heavy atom. The van der Waals surface area contributed by atoms with Crippen molar-refractivity contribution in [1.29, 1.82) is 0 Å². The maximum Gasteiger partial charge on any atom is 0.311 e. The number of ketones is 1. The van der Waals surface area contributed by atoms with Crippen molar-refractivity contribution in [3.63, 3.8) is 0 Å². The molecular formula is C22H17ClN2O7. The highest BCUT2D eigenvalue weighted by molar-refractivity contribution is 6.31. The van der Waals surface area contributed by atoms with Crippen LogP contribution in [0, 0.1) is 10.1 Å². The largest absolute Gasteiger partial charge is 0.503 e. The molecule has 1 aliphatic rings. The quantitative estimate of drug-likeness (QED) is 0.312. The molecule has 4 rings (SSSR count). The maximum absolute atomic E-state index is 13.4. The second-order valence-electron chi connectivity index (χ2n) is 7.29. The average Bonchev–Trinajstić information content (AvgIpc) is 3.28. The van der Waals surface area contributed by atoms with Gasteiger partial charge in [-0.2, -0.15) is 0 Å². The number of aliphatic hydroxyl groups is 1. The number of carbonyl (C=O) groups is 2. The second kappa shape index (κ2) is 8.01. The van der Waals surface area contributed by atoms with Crippen LogP contribution in [0.25, 0.3) is 11.0 Å². The Morgan fingerprint density at radius 1 is 1.22 bits per heavy atom. The second-order valence-corrected chi connectivity index (χ2v) is 7.73. The minimum Gasteiger partial charge on any atom is -0.503 e. The van der Waals surface area contributed by atoms with Gasteiger partial charge < -0.3 is 19.5 Å². The van der Waals surface area contributed by atoms with E-state index in [1.807, 2.05) is 6.92 Å². The summed E-state index contributed by atoms with van der Waals surface area (Å²) in [5.74, 6) is -2.92. The average molecular weight is 457 g/mol. The Morgan fingerprint density at radius 2 is 1.97 bits per heavy atom. The summed E-state index contributed by atoms with van der Waals surface area (Å²) in [6.07, 6.45) is 0.514. The number of phenolic OH excluding ortho intramolecular Hbond substituents is 1. The lowest BCUT2D eigenvalue weighted by atomic mass is 9.94. The molecule has 1 aromatic heterocycles. The summed E-state index contributed by atoms with van der Waals surface area (Å²) in [5.41, 5.74) is -0.246. The molecule has 9 nitrogen and oxygen atoms in total. The van der Waals surface area contributed by atoms with Crippen LogP contribution >= 0.6 is 11.6 Å². The monoisotopic (exact) mass is 456 g/mol. The Bertz CT molecular complexity index is 1310. The molecule has 0 bridgehead atoms. The molecule has 0 radical (unpaired) electrons. The molecule has 1 aliphatic heterocycles. The topological polar surface area (TPSA) is 134 Å². The van der Waals surface area contributed by atoms with Gasteiger partial charge in [-0.3, -0.25) is 19.7 Å². The van der Waals surface area contributed by atoms with Crippen LogP contribution in [-0.2, 0) is 4.79 Å². The fourth-order valence-electron chi connectivity index (χ4n) is 3.82. The SMILES string of the molecule is CCCN1C(=O)C(O)=C(C(=O)c2cc3cc(Cl)ccc3o2)C1c1ccc(O)c([N+](=O)[O-])c1. The first kappa shape index (κ1) is 21.4. The molecule has 10 heteroatoms. The standard InChI is InChI=1S/C22H17ClN2O7/c1-2-7-24-19(11-3-5-15(26)14(9-11)25(30)31)18(21(28)22(24)29)20(27)17-10-12-8-13(23)4-6-16(12)32-17/h3-6,8-10,19,26,28H,2,7H2,1H3. The minimum absolute atomic E-state index is 0.117. The van der Waals surface area contributed by atoms with Crippen molar-refractivity contribution >= 4 is 39.9 Å². The van der Waals surface area contributed by atoms with Crippen LogP contribution in [0.5, 0.6) is 5.75 Å². The molecule has 0 spiro atoms. The van der Waals surface area contributed by atoms with Gasteiger partial charge in [0, 0.05) is 23.0 Å². The van der Waals surface area contributed by atoms with E-state index in [1.54, 1.807) is 18.2 Å². The van der Waals surface area contributed by atoms with E-state index in [0.717, 1.165) is 12.1 Å². The third-order valence-corrected chi connectivity index (χ3v) is 5.46. The van der Waals surface area contributed by atoms with Gasteiger partial charge in [-0.1, -0.05) is 24.6 Å². The van der Waals surface area contributed by atoms with Gasteiger partial charge in [-0.05, 0) is 42.3 Å². The van der Waals surface area contributed by atoms with Crippen LogP contribution in [0.15, 0.2) is 58.2 Å². The number of carbonyl (C=O) groups excluding carboxylic acids is 2. The number of nitro groups is 1. The number of Topliss-reactive ketones (excluding diaryl/α,β-unsaturated/α-hetero) is 1. The molecule has 32 heavy (non-hydrogen) atoms. The van der Waals surface area contributed by atoms with Gasteiger partial charge in [0.2, 0.25) is 5.78 Å². The van der Waals surface area contributed by atoms with Gasteiger partial charge in [-0.15, -0.1) is 0 Å². The summed E-state index contributed by atoms with van der Waals surface area (Å²) in [7, 11) is 0. The first-order chi connectivity index (χ1) is 15.2. The third kappa shape index (κ3) is 3.46. The van der Waals surface area contributed by atoms with E-state index in [1.165, 1.54) is 17.0 Å². The molecule has 1 unspecified atom stereocenters. The molecule has 2 heterocycles. The summed E-state index contributed by atoms with van der Waals surface area (Å²) >= 11 is 5.98. The highest BCUT2D eigenvalue weighted by Gasteiger charge is 2.44. The molecule has 0 saturated carbocycles. The number of halogens is 1. The number of phenols is 1. The van der Waals surface area contributed by atoms with E-state index < -0.39 is 39.9 Å². The van der Waals surface area contributed by atoms with E-state index in [4.69, 9.17) is 16.0 Å². The lowest BCUT2D eigenvalue weighted by Crippen LogP contribution is -2.31. The molecule has 2 N–H and O–H groups in total. The number of nitrogens with zero attached hydrogens (tertiary/aromatic N) is 2. The van der Waals surface area contributed by atoms with Crippen LogP contribution in [0.4, 0.5) is 5.69 Å². The van der Waals surface area contributed by atoms with Gasteiger partial charge in [0.05, 0.1) is 16.5 Å². The van der Waals surface area contributed by atoms with E-state index >= 15 is 0 Å². The smallest absolute Gasteiger partial charge is 0.311 e. The highest BCUT2D eigenvalue weighted by atomic mass is 35.5. The van der Waals surface area contributed by atoms with Gasteiger partial charge in [-0.25, -0.2) is 0 Å². The molecular weight excluding hydrogens is 440 g/mol. The number of nitro benzene ring substituents is 1. The molecule has 0 fully saturated rings. The van der Waals surface area contributed by atoms with Crippen molar-refractivity contribution in [2.45, 2.75) is 19.4 Å². The molecule has 164 valence electrons. The van der Waals surface area contributed by atoms with Gasteiger partial charge >= 0.3 is 5.69 Å². The number of furan rings is 1.